The van der Waals surface area contributed by atoms with Crippen LogP contribution in [-0.2, 0) is 9.59 Å². The van der Waals surface area contributed by atoms with Gasteiger partial charge in [0.05, 0.1) is 0 Å². The van der Waals surface area contributed by atoms with Gasteiger partial charge in [0.1, 0.15) is 0 Å². The lowest BCUT2D eigenvalue weighted by atomic mass is 10.1. The van der Waals surface area contributed by atoms with Crippen molar-refractivity contribution in [1.29, 1.82) is 0 Å². The number of hydrazine groups is 1. The Balaban J connectivity index is 1.88. The zero-order chi connectivity index (χ0) is 18.4. The number of carbonyl (C=O) groups excluding carboxylic acids is 3. The Morgan fingerprint density at radius 2 is 1.60 bits per heavy atom. The summed E-state index contributed by atoms with van der Waals surface area (Å²) in [6.45, 7) is 6.37. The van der Waals surface area contributed by atoms with Crippen LogP contribution in [0.15, 0.2) is 35.9 Å². The number of rotatable bonds is 5. The molecule has 1 heterocycles. The van der Waals surface area contributed by atoms with Crippen molar-refractivity contribution in [1.82, 2.24) is 15.3 Å². The topological polar surface area (TPSA) is 81.7 Å². The molecule has 1 aliphatic rings. The van der Waals surface area contributed by atoms with E-state index in [1.807, 2.05) is 12.1 Å². The second kappa shape index (κ2) is 8.55. The molecule has 1 aliphatic heterocycles. The molecule has 1 fully saturated rings. The monoisotopic (exact) mass is 344 g/mol. The normalized spacial score (nSPS) is 16.4. The maximum atomic E-state index is 12.1. The van der Waals surface area contributed by atoms with Gasteiger partial charge in [0, 0.05) is 49.1 Å². The molecule has 25 heavy (non-hydrogen) atoms. The Morgan fingerprint density at radius 1 is 1.00 bits per heavy atom. The number of likely N-dealkylation sites (N-methyl/N-ethyl adjacent to an activating group) is 1. The SMILES string of the molecule is CC(=O)c1ccc(NC(=O)/C=C(/C)C(=O)NN2CCN(C)CC2)cc1. The second-order valence-corrected chi connectivity index (χ2v) is 6.18. The summed E-state index contributed by atoms with van der Waals surface area (Å²) in [6.07, 6.45) is 1.27. The zero-order valence-corrected chi connectivity index (χ0v) is 14.8. The molecule has 0 aromatic heterocycles. The smallest absolute Gasteiger partial charge is 0.261 e. The highest BCUT2D eigenvalue weighted by atomic mass is 16.2. The van der Waals surface area contributed by atoms with Gasteiger partial charge in [-0.15, -0.1) is 0 Å². The predicted molar refractivity (Wildman–Crippen MR) is 96.0 cm³/mol. The van der Waals surface area contributed by atoms with Gasteiger partial charge in [-0.25, -0.2) is 5.01 Å². The number of Topliss-reactive ketones (excluding diaryl/α,β-unsaturated/α-hetero) is 1. The van der Waals surface area contributed by atoms with Gasteiger partial charge in [-0.2, -0.15) is 0 Å². The molecule has 1 aromatic carbocycles. The standard InChI is InChI=1S/C18H24N4O3/c1-13(18(25)20-22-10-8-21(3)9-11-22)12-17(24)19-16-6-4-15(5-7-16)14(2)23/h4-7,12H,8-11H2,1-3H3,(H,19,24)(H,20,25)/b13-12-. The first-order valence-corrected chi connectivity index (χ1v) is 8.20. The van der Waals surface area contributed by atoms with E-state index in [1.54, 1.807) is 31.2 Å². The maximum Gasteiger partial charge on any atom is 0.261 e. The molecule has 0 unspecified atom stereocenters. The molecule has 1 aromatic rings. The molecule has 1 saturated heterocycles. The number of carbonyl (C=O) groups is 3. The van der Waals surface area contributed by atoms with Crippen molar-refractivity contribution in [2.75, 3.05) is 38.5 Å². The third-order valence-corrected chi connectivity index (χ3v) is 4.03. The lowest BCUT2D eigenvalue weighted by Gasteiger charge is -2.32. The van der Waals surface area contributed by atoms with Gasteiger partial charge in [-0.1, -0.05) is 0 Å². The quantitative estimate of drug-likeness (QED) is 0.616. The van der Waals surface area contributed by atoms with Gasteiger partial charge in [-0.3, -0.25) is 19.8 Å². The lowest BCUT2D eigenvalue weighted by Crippen LogP contribution is -2.52. The maximum absolute atomic E-state index is 12.1. The summed E-state index contributed by atoms with van der Waals surface area (Å²) < 4.78 is 0. The summed E-state index contributed by atoms with van der Waals surface area (Å²) in [6, 6.07) is 6.60. The number of hydrogen-bond donors (Lipinski definition) is 2. The van der Waals surface area contributed by atoms with E-state index in [4.69, 9.17) is 0 Å². The largest absolute Gasteiger partial charge is 0.323 e. The highest BCUT2D eigenvalue weighted by molar-refractivity contribution is 6.05. The Bertz CT molecular complexity index is 674. The fraction of sp³-hybridized carbons (Fsp3) is 0.389. The van der Waals surface area contributed by atoms with E-state index in [1.165, 1.54) is 13.0 Å². The van der Waals surface area contributed by atoms with Crippen molar-refractivity contribution in [2.45, 2.75) is 13.8 Å². The fourth-order valence-corrected chi connectivity index (χ4v) is 2.38. The van der Waals surface area contributed by atoms with Crippen LogP contribution in [0.25, 0.3) is 0 Å². The summed E-state index contributed by atoms with van der Waals surface area (Å²) in [5.41, 5.74) is 4.29. The van der Waals surface area contributed by atoms with E-state index in [9.17, 15) is 14.4 Å². The molecule has 0 atom stereocenters. The van der Waals surface area contributed by atoms with Gasteiger partial charge in [0.15, 0.2) is 5.78 Å². The number of ketones is 1. The minimum Gasteiger partial charge on any atom is -0.323 e. The minimum atomic E-state index is -0.387. The van der Waals surface area contributed by atoms with Crippen LogP contribution in [0.4, 0.5) is 5.69 Å². The number of nitrogens with one attached hydrogen (secondary N) is 2. The first-order chi connectivity index (χ1) is 11.8. The van der Waals surface area contributed by atoms with Crippen molar-refractivity contribution in [3.8, 4) is 0 Å². The number of benzene rings is 1. The van der Waals surface area contributed by atoms with Gasteiger partial charge in [0.2, 0.25) is 5.91 Å². The molecule has 2 rings (SSSR count). The Kier molecular flexibility index (Phi) is 6.44. The molecule has 2 N–H and O–H groups in total. The molecule has 0 saturated carbocycles. The van der Waals surface area contributed by atoms with E-state index in [2.05, 4.69) is 15.6 Å². The van der Waals surface area contributed by atoms with Crippen molar-refractivity contribution >= 4 is 23.3 Å². The highest BCUT2D eigenvalue weighted by Gasteiger charge is 2.16. The van der Waals surface area contributed by atoms with Crippen molar-refractivity contribution in [3.63, 3.8) is 0 Å². The minimum absolute atomic E-state index is 0.0332. The van der Waals surface area contributed by atoms with Crippen LogP contribution in [0.1, 0.15) is 24.2 Å². The van der Waals surface area contributed by atoms with Crippen LogP contribution < -0.4 is 10.7 Å². The number of nitrogens with zero attached hydrogens (tertiary/aromatic N) is 2. The van der Waals surface area contributed by atoms with Crippen LogP contribution in [0.2, 0.25) is 0 Å². The first-order valence-electron chi connectivity index (χ1n) is 8.20. The zero-order valence-electron chi connectivity index (χ0n) is 14.8. The number of hydrogen-bond acceptors (Lipinski definition) is 5. The number of piperazine rings is 1. The summed E-state index contributed by atoms with van der Waals surface area (Å²) in [5.74, 6) is -0.706. The van der Waals surface area contributed by atoms with Crippen molar-refractivity contribution in [2.24, 2.45) is 0 Å². The molecule has 0 radical (unpaired) electrons. The van der Waals surface area contributed by atoms with E-state index in [0.717, 1.165) is 26.2 Å². The van der Waals surface area contributed by atoms with Crippen LogP contribution >= 0.6 is 0 Å². The van der Waals surface area contributed by atoms with E-state index < -0.39 is 0 Å². The first kappa shape index (κ1) is 18.8. The Labute approximate surface area is 147 Å². The fourth-order valence-electron chi connectivity index (χ4n) is 2.38. The molecule has 134 valence electrons. The predicted octanol–water partition coefficient (Wildman–Crippen LogP) is 1.05. The molecule has 0 spiro atoms. The van der Waals surface area contributed by atoms with Crippen LogP contribution in [0.5, 0.6) is 0 Å². The summed E-state index contributed by atoms with van der Waals surface area (Å²) in [5, 5.41) is 4.54. The van der Waals surface area contributed by atoms with Gasteiger partial charge < -0.3 is 10.2 Å². The molecular weight excluding hydrogens is 320 g/mol. The highest BCUT2D eigenvalue weighted by Crippen LogP contribution is 2.10. The van der Waals surface area contributed by atoms with E-state index in [-0.39, 0.29) is 17.6 Å². The second-order valence-electron chi connectivity index (χ2n) is 6.18. The third-order valence-electron chi connectivity index (χ3n) is 4.03. The Hall–Kier alpha value is -2.51. The molecule has 7 nitrogen and oxygen atoms in total. The summed E-state index contributed by atoms with van der Waals surface area (Å²) in [4.78, 5) is 37.6. The van der Waals surface area contributed by atoms with Crippen molar-refractivity contribution in [3.05, 3.63) is 41.5 Å². The average molecular weight is 344 g/mol. The summed E-state index contributed by atoms with van der Waals surface area (Å²) in [7, 11) is 2.04. The number of amides is 2. The molecule has 0 bridgehead atoms. The molecule has 0 aliphatic carbocycles. The Morgan fingerprint density at radius 3 is 2.16 bits per heavy atom. The number of anilines is 1. The molecule has 2 amide bonds. The lowest BCUT2D eigenvalue weighted by molar-refractivity contribution is -0.123. The van der Waals surface area contributed by atoms with E-state index in [0.29, 0.717) is 16.8 Å². The van der Waals surface area contributed by atoms with Crippen LogP contribution in [0, 0.1) is 0 Å². The molecular formula is C18H24N4O3. The molecule has 7 heteroatoms. The third kappa shape index (κ3) is 5.81. The van der Waals surface area contributed by atoms with Crippen LogP contribution in [0.3, 0.4) is 0 Å². The van der Waals surface area contributed by atoms with Crippen LogP contribution in [-0.4, -0.2) is 60.7 Å². The average Bonchev–Trinajstić information content (AvgIpc) is 2.57. The van der Waals surface area contributed by atoms with Gasteiger partial charge in [0.25, 0.3) is 5.91 Å². The summed E-state index contributed by atoms with van der Waals surface area (Å²) >= 11 is 0. The van der Waals surface area contributed by atoms with Gasteiger partial charge >= 0.3 is 0 Å². The van der Waals surface area contributed by atoms with Gasteiger partial charge in [-0.05, 0) is 45.2 Å². The van der Waals surface area contributed by atoms with E-state index >= 15 is 0 Å². The van der Waals surface area contributed by atoms with Crippen molar-refractivity contribution < 1.29 is 14.4 Å².